The Bertz CT molecular complexity index is 990. The predicted octanol–water partition coefficient (Wildman–Crippen LogP) is 3.78. The van der Waals surface area contributed by atoms with Crippen molar-refractivity contribution in [3.8, 4) is 11.5 Å². The van der Waals surface area contributed by atoms with Gasteiger partial charge in [-0.25, -0.2) is 0 Å². The molecule has 1 aliphatic rings. The number of ether oxygens (including phenoxy) is 1. The summed E-state index contributed by atoms with van der Waals surface area (Å²) in [7, 11) is 1.61. The fourth-order valence-electron chi connectivity index (χ4n) is 3.53. The Morgan fingerprint density at radius 1 is 1.26 bits per heavy atom. The fraction of sp³-hybridized carbons (Fsp3) is 0.350. The topological polar surface area (TPSA) is 70.2 Å². The van der Waals surface area contributed by atoms with E-state index in [1.807, 2.05) is 18.2 Å². The summed E-state index contributed by atoms with van der Waals surface area (Å²) in [6.07, 6.45) is 4.80. The summed E-state index contributed by atoms with van der Waals surface area (Å²) in [6, 6.07) is 11.8. The Morgan fingerprint density at radius 2 is 2.04 bits per heavy atom. The number of hydrogen-bond acceptors (Lipinski definition) is 5. The third-order valence-electron chi connectivity index (χ3n) is 5.24. The van der Waals surface area contributed by atoms with E-state index in [0.29, 0.717) is 24.5 Å². The van der Waals surface area contributed by atoms with Crippen LogP contribution >= 0.6 is 15.9 Å². The van der Waals surface area contributed by atoms with Crippen LogP contribution in [0.25, 0.3) is 11.5 Å². The van der Waals surface area contributed by atoms with Gasteiger partial charge in [-0.2, -0.15) is 4.98 Å². The van der Waals surface area contributed by atoms with Gasteiger partial charge in [-0.3, -0.25) is 4.79 Å². The Balaban J connectivity index is 1.69. The van der Waals surface area contributed by atoms with Gasteiger partial charge in [0, 0.05) is 24.3 Å². The van der Waals surface area contributed by atoms with Crippen LogP contribution in [0.3, 0.4) is 0 Å². The lowest BCUT2D eigenvalue weighted by atomic mass is 9.64. The maximum atomic E-state index is 12.7. The first-order valence-electron chi connectivity index (χ1n) is 8.93. The van der Waals surface area contributed by atoms with Crippen molar-refractivity contribution in [3.05, 3.63) is 68.8 Å². The van der Waals surface area contributed by atoms with Crippen molar-refractivity contribution in [1.29, 1.82) is 0 Å². The van der Waals surface area contributed by atoms with Gasteiger partial charge in [-0.05, 0) is 42.7 Å². The molecular weight excluding hydrogens is 410 g/mol. The van der Waals surface area contributed by atoms with E-state index in [4.69, 9.17) is 9.26 Å². The van der Waals surface area contributed by atoms with E-state index in [1.165, 1.54) is 5.56 Å². The summed E-state index contributed by atoms with van der Waals surface area (Å²) >= 11 is 3.48. The zero-order valence-corrected chi connectivity index (χ0v) is 16.6. The highest BCUT2D eigenvalue weighted by molar-refractivity contribution is 9.10. The molecule has 2 aromatic heterocycles. The molecule has 0 bridgehead atoms. The molecule has 1 saturated carbocycles. The lowest BCUT2D eigenvalue weighted by molar-refractivity contribution is 0.186. The fourth-order valence-corrected chi connectivity index (χ4v) is 3.80. The monoisotopic (exact) mass is 429 g/mol. The third-order valence-corrected chi connectivity index (χ3v) is 5.77. The van der Waals surface area contributed by atoms with E-state index < -0.39 is 0 Å². The number of hydrogen-bond donors (Lipinski definition) is 0. The molecule has 1 aromatic carbocycles. The van der Waals surface area contributed by atoms with Gasteiger partial charge >= 0.3 is 0 Å². The van der Waals surface area contributed by atoms with Crippen molar-refractivity contribution in [1.82, 2.24) is 14.7 Å². The zero-order chi connectivity index (χ0) is 18.9. The molecule has 0 atom stereocenters. The van der Waals surface area contributed by atoms with E-state index in [1.54, 1.807) is 23.9 Å². The maximum Gasteiger partial charge on any atom is 0.263 e. The van der Waals surface area contributed by atoms with Crippen LogP contribution < -0.4 is 5.56 Å². The van der Waals surface area contributed by atoms with Gasteiger partial charge < -0.3 is 13.8 Å². The van der Waals surface area contributed by atoms with Gasteiger partial charge in [0.15, 0.2) is 5.82 Å². The highest BCUT2D eigenvalue weighted by atomic mass is 79.9. The Morgan fingerprint density at radius 3 is 2.70 bits per heavy atom. The first kappa shape index (κ1) is 18.1. The molecule has 6 nitrogen and oxygen atoms in total. The number of halogens is 1. The zero-order valence-electron chi connectivity index (χ0n) is 15.0. The summed E-state index contributed by atoms with van der Waals surface area (Å²) < 4.78 is 13.2. The molecule has 2 heterocycles. The molecular formula is C20H20BrN3O3. The molecule has 27 heavy (non-hydrogen) atoms. The van der Waals surface area contributed by atoms with E-state index >= 15 is 0 Å². The number of pyridine rings is 1. The molecule has 0 aliphatic heterocycles. The third kappa shape index (κ3) is 3.26. The van der Waals surface area contributed by atoms with Crippen molar-refractivity contribution in [2.45, 2.75) is 31.2 Å². The second kappa shape index (κ2) is 7.40. The quantitative estimate of drug-likeness (QED) is 0.596. The van der Waals surface area contributed by atoms with Gasteiger partial charge in [0.05, 0.1) is 12.0 Å². The number of methoxy groups -OCH3 is 1. The molecule has 3 aromatic rings. The van der Waals surface area contributed by atoms with Crippen molar-refractivity contribution in [2.24, 2.45) is 0 Å². The van der Waals surface area contributed by atoms with Gasteiger partial charge in [-0.15, -0.1) is 0 Å². The highest BCUT2D eigenvalue weighted by Crippen LogP contribution is 2.48. The summed E-state index contributed by atoms with van der Waals surface area (Å²) in [5.41, 5.74) is 1.20. The highest BCUT2D eigenvalue weighted by Gasteiger charge is 2.44. The molecule has 0 amide bonds. The molecule has 0 unspecified atom stereocenters. The van der Waals surface area contributed by atoms with Crippen LogP contribution in [0.2, 0.25) is 0 Å². The Labute approximate surface area is 165 Å². The van der Waals surface area contributed by atoms with Crippen LogP contribution in [-0.4, -0.2) is 28.4 Å². The lowest BCUT2D eigenvalue weighted by Crippen LogP contribution is -2.36. The smallest absolute Gasteiger partial charge is 0.263 e. The van der Waals surface area contributed by atoms with Crippen molar-refractivity contribution < 1.29 is 9.26 Å². The largest absolute Gasteiger partial charge is 0.383 e. The molecule has 4 rings (SSSR count). The molecule has 7 heteroatoms. The first-order valence-corrected chi connectivity index (χ1v) is 9.72. The number of benzene rings is 1. The molecule has 0 saturated heterocycles. The van der Waals surface area contributed by atoms with Gasteiger partial charge in [0.1, 0.15) is 5.56 Å². The summed E-state index contributed by atoms with van der Waals surface area (Å²) in [4.78, 5) is 17.3. The number of aromatic nitrogens is 3. The molecule has 0 spiro atoms. The molecule has 0 N–H and O–H groups in total. The first-order chi connectivity index (χ1) is 13.1. The minimum Gasteiger partial charge on any atom is -0.383 e. The predicted molar refractivity (Wildman–Crippen MR) is 105 cm³/mol. The average molecular weight is 430 g/mol. The Hall–Kier alpha value is -2.25. The lowest BCUT2D eigenvalue weighted by Gasteiger charge is -2.39. The summed E-state index contributed by atoms with van der Waals surface area (Å²) in [5.74, 6) is 0.919. The summed E-state index contributed by atoms with van der Waals surface area (Å²) in [5, 5.41) is 4.25. The van der Waals surface area contributed by atoms with Crippen LogP contribution in [0.15, 0.2) is 56.4 Å². The van der Waals surface area contributed by atoms with E-state index in [2.05, 4.69) is 38.2 Å². The SMILES string of the molecule is COCCn1cccc(-c2nc(C3(c4ccc(Br)cc4)CCC3)no2)c1=O. The molecule has 1 fully saturated rings. The molecule has 0 radical (unpaired) electrons. The second-order valence-electron chi connectivity index (χ2n) is 6.78. The van der Waals surface area contributed by atoms with Crippen molar-refractivity contribution >= 4 is 15.9 Å². The summed E-state index contributed by atoms with van der Waals surface area (Å²) in [6.45, 7) is 0.943. The van der Waals surface area contributed by atoms with Crippen molar-refractivity contribution in [2.75, 3.05) is 13.7 Å². The van der Waals surface area contributed by atoms with E-state index in [9.17, 15) is 4.79 Å². The van der Waals surface area contributed by atoms with Crippen LogP contribution in [0, 0.1) is 0 Å². The normalized spacial score (nSPS) is 15.5. The van der Waals surface area contributed by atoms with Gasteiger partial charge in [0.25, 0.3) is 11.4 Å². The second-order valence-corrected chi connectivity index (χ2v) is 7.69. The van der Waals surface area contributed by atoms with Gasteiger partial charge in [-0.1, -0.05) is 39.6 Å². The molecule has 1 aliphatic carbocycles. The van der Waals surface area contributed by atoms with Crippen LogP contribution in [0.1, 0.15) is 30.7 Å². The van der Waals surface area contributed by atoms with Gasteiger partial charge in [0.2, 0.25) is 0 Å². The number of rotatable bonds is 6. The van der Waals surface area contributed by atoms with Crippen LogP contribution in [0.4, 0.5) is 0 Å². The minimum atomic E-state index is -0.230. The minimum absolute atomic E-state index is 0.156. The van der Waals surface area contributed by atoms with Crippen LogP contribution in [-0.2, 0) is 16.7 Å². The molecule has 140 valence electrons. The standard InChI is InChI=1S/C20H20BrN3O3/c1-26-13-12-24-11-2-4-16(18(24)25)17-22-19(23-27-17)20(9-3-10-20)14-5-7-15(21)8-6-14/h2,4-8,11H,3,9-10,12-13H2,1H3. The van der Waals surface area contributed by atoms with E-state index in [-0.39, 0.29) is 16.9 Å². The maximum absolute atomic E-state index is 12.7. The van der Waals surface area contributed by atoms with Crippen LogP contribution in [0.5, 0.6) is 0 Å². The Kier molecular flexibility index (Phi) is 4.97. The van der Waals surface area contributed by atoms with Crippen molar-refractivity contribution in [3.63, 3.8) is 0 Å². The number of nitrogens with zero attached hydrogens (tertiary/aromatic N) is 3. The van der Waals surface area contributed by atoms with E-state index in [0.717, 1.165) is 23.7 Å². The average Bonchev–Trinajstić information content (AvgIpc) is 3.11.